The molecule has 2 bridgehead atoms. The number of aryl methyl sites for hydroxylation is 1. The molecule has 138 valence electrons. The number of aromatic nitrogens is 2. The third-order valence-corrected chi connectivity index (χ3v) is 6.06. The van der Waals surface area contributed by atoms with E-state index in [1.807, 2.05) is 12.1 Å². The van der Waals surface area contributed by atoms with Crippen LogP contribution in [0, 0.1) is 11.8 Å². The fraction of sp³-hybridized carbons (Fsp3) is 0.500. The van der Waals surface area contributed by atoms with Gasteiger partial charge < -0.3 is 5.32 Å². The summed E-state index contributed by atoms with van der Waals surface area (Å²) in [5.41, 5.74) is 1.46. The van der Waals surface area contributed by atoms with E-state index in [0.29, 0.717) is 11.8 Å². The van der Waals surface area contributed by atoms with Crippen LogP contribution in [0.3, 0.4) is 0 Å². The second-order valence-corrected chi connectivity index (χ2v) is 7.83. The van der Waals surface area contributed by atoms with Crippen molar-refractivity contribution in [2.75, 3.05) is 0 Å². The normalized spacial score (nSPS) is 26.6. The van der Waals surface area contributed by atoms with Crippen molar-refractivity contribution in [1.82, 2.24) is 15.1 Å². The fourth-order valence-electron chi connectivity index (χ4n) is 5.32. The fourth-order valence-corrected chi connectivity index (χ4v) is 5.32. The smallest absolute Gasteiger partial charge is 0.282 e. The Morgan fingerprint density at radius 1 is 1.35 bits per heavy atom. The summed E-state index contributed by atoms with van der Waals surface area (Å²) in [6.07, 6.45) is 0.454. The average molecular weight is 359 g/mol. The van der Waals surface area contributed by atoms with Crippen LogP contribution in [0.15, 0.2) is 30.5 Å². The van der Waals surface area contributed by atoms with Crippen molar-refractivity contribution in [1.29, 1.82) is 0 Å². The van der Waals surface area contributed by atoms with E-state index in [4.69, 9.17) is 0 Å². The first-order chi connectivity index (χ1) is 12.3. The zero-order chi connectivity index (χ0) is 18.6. The second-order valence-electron chi connectivity index (χ2n) is 7.83. The molecule has 1 heterocycles. The zero-order valence-electron chi connectivity index (χ0n) is 15.2. The molecule has 6 heteroatoms. The maximum atomic E-state index is 13.3. The van der Waals surface area contributed by atoms with Crippen LogP contribution in [0.4, 0.5) is 8.78 Å². The Bertz CT molecular complexity index is 860. The first-order valence-corrected chi connectivity index (χ1v) is 9.08. The lowest BCUT2D eigenvalue weighted by Gasteiger charge is -2.36. The number of alkyl halides is 2. The number of nitrogens with zero attached hydrogens (tertiary/aromatic N) is 2. The van der Waals surface area contributed by atoms with Crippen LogP contribution < -0.4 is 5.32 Å². The van der Waals surface area contributed by atoms with Gasteiger partial charge in [-0.2, -0.15) is 5.10 Å². The summed E-state index contributed by atoms with van der Waals surface area (Å²) >= 11 is 0. The highest BCUT2D eigenvalue weighted by Crippen LogP contribution is 2.61. The molecule has 3 unspecified atom stereocenters. The molecule has 4 rings (SSSR count). The molecule has 0 spiro atoms. The highest BCUT2D eigenvalue weighted by atomic mass is 19.3. The predicted octanol–water partition coefficient (Wildman–Crippen LogP) is 4.15. The molecular formula is C20H23F2N3O. The van der Waals surface area contributed by atoms with Crippen LogP contribution in [-0.4, -0.2) is 15.7 Å². The number of hydrogen-bond donors (Lipinski definition) is 1. The molecule has 2 aliphatic carbocycles. The number of carbonyl (C=O) groups excluding carboxylic acids is 1. The number of halogens is 2. The largest absolute Gasteiger partial charge is 0.342 e. The van der Waals surface area contributed by atoms with Crippen LogP contribution >= 0.6 is 0 Å². The van der Waals surface area contributed by atoms with Crippen molar-refractivity contribution in [3.05, 3.63) is 52.8 Å². The van der Waals surface area contributed by atoms with E-state index in [1.165, 1.54) is 16.4 Å². The van der Waals surface area contributed by atoms with E-state index in [-0.39, 0.29) is 11.5 Å². The van der Waals surface area contributed by atoms with Crippen molar-refractivity contribution in [3.63, 3.8) is 0 Å². The van der Waals surface area contributed by atoms with Crippen LogP contribution in [0.1, 0.15) is 66.2 Å². The van der Waals surface area contributed by atoms with Crippen LogP contribution in [0.25, 0.3) is 0 Å². The monoisotopic (exact) mass is 359 g/mol. The molecule has 1 amide bonds. The highest BCUT2D eigenvalue weighted by molar-refractivity contribution is 5.96. The van der Waals surface area contributed by atoms with E-state index < -0.39 is 23.6 Å². The van der Waals surface area contributed by atoms with Gasteiger partial charge in [-0.3, -0.25) is 9.48 Å². The number of nitrogens with one attached hydrogen (secondary N) is 1. The van der Waals surface area contributed by atoms with Crippen molar-refractivity contribution in [3.8, 4) is 0 Å². The van der Waals surface area contributed by atoms with Gasteiger partial charge in [-0.15, -0.1) is 0 Å². The van der Waals surface area contributed by atoms with Gasteiger partial charge in [-0.25, -0.2) is 8.78 Å². The molecule has 3 atom stereocenters. The van der Waals surface area contributed by atoms with Gasteiger partial charge in [0.2, 0.25) is 0 Å². The number of carbonyl (C=O) groups is 1. The molecule has 26 heavy (non-hydrogen) atoms. The Morgan fingerprint density at radius 2 is 2.08 bits per heavy atom. The summed E-state index contributed by atoms with van der Waals surface area (Å²) in [5.74, 6) is 0.598. The predicted molar refractivity (Wildman–Crippen MR) is 94.1 cm³/mol. The number of amides is 1. The van der Waals surface area contributed by atoms with Gasteiger partial charge in [0, 0.05) is 13.2 Å². The van der Waals surface area contributed by atoms with E-state index >= 15 is 0 Å². The van der Waals surface area contributed by atoms with E-state index in [9.17, 15) is 13.6 Å². The van der Waals surface area contributed by atoms with Crippen LogP contribution in [-0.2, 0) is 12.6 Å². The molecule has 4 nitrogen and oxygen atoms in total. The molecule has 1 N–H and O–H groups in total. The van der Waals surface area contributed by atoms with E-state index in [0.717, 1.165) is 18.4 Å². The Morgan fingerprint density at radius 3 is 2.77 bits per heavy atom. The molecule has 0 radical (unpaired) electrons. The van der Waals surface area contributed by atoms with Crippen LogP contribution in [0.5, 0.6) is 0 Å². The quantitative estimate of drug-likeness (QED) is 0.892. The lowest BCUT2D eigenvalue weighted by molar-refractivity contribution is 0.0839. The van der Waals surface area contributed by atoms with E-state index in [1.54, 1.807) is 7.05 Å². The second kappa shape index (κ2) is 5.89. The molecule has 0 saturated heterocycles. The van der Waals surface area contributed by atoms with Crippen molar-refractivity contribution < 1.29 is 13.6 Å². The molecule has 1 fully saturated rings. The number of rotatable bonds is 4. The minimum Gasteiger partial charge on any atom is -0.342 e. The van der Waals surface area contributed by atoms with Gasteiger partial charge >= 0.3 is 0 Å². The summed E-state index contributed by atoms with van der Waals surface area (Å²) in [4.78, 5) is 13.0. The summed E-state index contributed by atoms with van der Waals surface area (Å²) in [5, 5.41) is 6.94. The lowest BCUT2D eigenvalue weighted by atomic mass is 9.78. The zero-order valence-corrected chi connectivity index (χ0v) is 15.2. The molecular weight excluding hydrogens is 336 g/mol. The molecule has 2 aromatic rings. The summed E-state index contributed by atoms with van der Waals surface area (Å²) < 4.78 is 27.8. The highest BCUT2D eigenvalue weighted by Gasteiger charge is 2.58. The van der Waals surface area contributed by atoms with Gasteiger partial charge in [-0.1, -0.05) is 38.1 Å². The third-order valence-electron chi connectivity index (χ3n) is 6.06. The minimum atomic E-state index is -2.78. The summed E-state index contributed by atoms with van der Waals surface area (Å²) in [6.45, 7) is 4.34. The standard InChI is InChI=1S/C20H23F2N3O/c1-11(2)16-13-8-9-20(16,15-7-5-4-6-12(13)15)23-19(26)14-10-25(3)24-17(14)18(21)22/h4-7,10-11,13,16,18H,8-9H2,1-3H3,(H,23,26). The SMILES string of the molecule is CC(C)C1C2CCC1(NC(=O)c1cn(C)nc1C(F)F)c1ccccc12. The number of hydrogen-bond acceptors (Lipinski definition) is 2. The minimum absolute atomic E-state index is 0.0350. The molecule has 0 aliphatic heterocycles. The Kier molecular flexibility index (Phi) is 3.90. The van der Waals surface area contributed by atoms with Gasteiger partial charge in [0.05, 0.1) is 11.1 Å². The molecule has 1 saturated carbocycles. The van der Waals surface area contributed by atoms with Gasteiger partial charge in [0.1, 0.15) is 5.69 Å². The van der Waals surface area contributed by atoms with E-state index in [2.05, 4.69) is 36.4 Å². The Hall–Kier alpha value is -2.24. The summed E-state index contributed by atoms with van der Waals surface area (Å²) in [7, 11) is 1.55. The number of benzene rings is 1. The van der Waals surface area contributed by atoms with Gasteiger partial charge in [0.15, 0.2) is 0 Å². The van der Waals surface area contributed by atoms with Crippen molar-refractivity contribution in [2.45, 2.75) is 44.6 Å². The first-order valence-electron chi connectivity index (χ1n) is 9.08. The summed E-state index contributed by atoms with van der Waals surface area (Å²) in [6, 6.07) is 8.22. The molecule has 1 aromatic heterocycles. The van der Waals surface area contributed by atoms with Crippen molar-refractivity contribution in [2.24, 2.45) is 18.9 Å². The maximum Gasteiger partial charge on any atom is 0.282 e. The topological polar surface area (TPSA) is 46.9 Å². The van der Waals surface area contributed by atoms with Crippen LogP contribution in [0.2, 0.25) is 0 Å². The average Bonchev–Trinajstić information content (AvgIpc) is 3.23. The Balaban J connectivity index is 1.76. The lowest BCUT2D eigenvalue weighted by Crippen LogP contribution is -2.48. The Labute approximate surface area is 151 Å². The first kappa shape index (κ1) is 17.2. The third kappa shape index (κ3) is 2.31. The van der Waals surface area contributed by atoms with Crippen molar-refractivity contribution >= 4 is 5.91 Å². The van der Waals surface area contributed by atoms with Gasteiger partial charge in [-0.05, 0) is 41.7 Å². The van der Waals surface area contributed by atoms with Gasteiger partial charge in [0.25, 0.3) is 12.3 Å². The molecule has 1 aromatic carbocycles. The number of fused-ring (bicyclic) bond motifs is 5. The maximum absolute atomic E-state index is 13.3. The molecule has 2 aliphatic rings.